The van der Waals surface area contributed by atoms with Crippen LogP contribution < -0.4 is 5.32 Å². The zero-order valence-electron chi connectivity index (χ0n) is 15.7. The molecular weight excluding hydrogens is 332 g/mol. The second-order valence-corrected chi connectivity index (χ2v) is 7.75. The van der Waals surface area contributed by atoms with Crippen molar-refractivity contribution < 1.29 is 18.7 Å². The van der Waals surface area contributed by atoms with Gasteiger partial charge in [0.05, 0.1) is 6.04 Å². The highest BCUT2D eigenvalue weighted by Gasteiger charge is 2.37. The monoisotopic (exact) mass is 358 g/mol. The zero-order valence-corrected chi connectivity index (χ0v) is 15.7. The number of para-hydroxylation sites is 1. The molecule has 1 aliphatic rings. The number of nitrogens with zero attached hydrogens (tertiary/aromatic N) is 1. The van der Waals surface area contributed by atoms with E-state index < -0.39 is 17.7 Å². The van der Waals surface area contributed by atoms with Gasteiger partial charge in [-0.15, -0.1) is 0 Å². The molecule has 1 fully saturated rings. The number of ether oxygens (including phenoxy) is 1. The van der Waals surface area contributed by atoms with Gasteiger partial charge in [-0.3, -0.25) is 9.69 Å². The van der Waals surface area contributed by atoms with E-state index in [9.17, 15) is 9.59 Å². The van der Waals surface area contributed by atoms with Gasteiger partial charge in [0.25, 0.3) is 0 Å². The summed E-state index contributed by atoms with van der Waals surface area (Å²) in [4.78, 5) is 26.6. The topological polar surface area (TPSA) is 71.8 Å². The number of hydrogen-bond acceptors (Lipinski definition) is 4. The van der Waals surface area contributed by atoms with Crippen LogP contribution in [-0.2, 0) is 9.53 Å². The van der Waals surface area contributed by atoms with Crippen molar-refractivity contribution in [3.05, 3.63) is 36.1 Å². The Morgan fingerprint density at radius 3 is 2.73 bits per heavy atom. The molecule has 26 heavy (non-hydrogen) atoms. The third-order valence-corrected chi connectivity index (χ3v) is 4.41. The Kier molecular flexibility index (Phi) is 4.94. The molecule has 140 valence electrons. The highest BCUT2D eigenvalue weighted by atomic mass is 16.6. The number of fused-ring (bicyclic) bond motifs is 1. The molecule has 6 heteroatoms. The maximum Gasteiger partial charge on any atom is 0.410 e. The SMILES string of the molecule is C[C@@H](NC(=O)[C@H]1CCCN1C(=O)OC(C)(C)C)c1cc2ccccc2o1. The Balaban J connectivity index is 1.67. The smallest absolute Gasteiger partial charge is 0.410 e. The Hall–Kier alpha value is -2.50. The van der Waals surface area contributed by atoms with E-state index in [1.165, 1.54) is 4.90 Å². The zero-order chi connectivity index (χ0) is 18.9. The molecule has 1 N–H and O–H groups in total. The Morgan fingerprint density at radius 1 is 1.31 bits per heavy atom. The first-order valence-electron chi connectivity index (χ1n) is 9.03. The lowest BCUT2D eigenvalue weighted by Crippen LogP contribution is -2.48. The van der Waals surface area contributed by atoms with Crippen LogP contribution in [0.5, 0.6) is 0 Å². The third-order valence-electron chi connectivity index (χ3n) is 4.41. The van der Waals surface area contributed by atoms with Gasteiger partial charge in [0, 0.05) is 11.9 Å². The van der Waals surface area contributed by atoms with Crippen molar-refractivity contribution in [3.63, 3.8) is 0 Å². The van der Waals surface area contributed by atoms with Crippen LogP contribution in [0.1, 0.15) is 52.3 Å². The predicted octanol–water partition coefficient (Wildman–Crippen LogP) is 4.01. The summed E-state index contributed by atoms with van der Waals surface area (Å²) in [6.07, 6.45) is 0.986. The number of carbonyl (C=O) groups excluding carboxylic acids is 2. The quantitative estimate of drug-likeness (QED) is 0.900. The van der Waals surface area contributed by atoms with Crippen molar-refractivity contribution in [2.75, 3.05) is 6.54 Å². The van der Waals surface area contributed by atoms with E-state index in [-0.39, 0.29) is 11.9 Å². The van der Waals surface area contributed by atoms with Crippen molar-refractivity contribution in [2.45, 2.75) is 58.2 Å². The van der Waals surface area contributed by atoms with Crippen molar-refractivity contribution >= 4 is 23.0 Å². The summed E-state index contributed by atoms with van der Waals surface area (Å²) >= 11 is 0. The molecule has 2 atom stereocenters. The van der Waals surface area contributed by atoms with Gasteiger partial charge in [-0.25, -0.2) is 4.79 Å². The van der Waals surface area contributed by atoms with E-state index in [0.717, 1.165) is 17.4 Å². The van der Waals surface area contributed by atoms with Crippen molar-refractivity contribution in [3.8, 4) is 0 Å². The van der Waals surface area contributed by atoms with E-state index in [1.807, 2.05) is 58.0 Å². The second-order valence-electron chi connectivity index (χ2n) is 7.75. The minimum absolute atomic E-state index is 0.179. The van der Waals surface area contributed by atoms with Crippen LogP contribution in [0.3, 0.4) is 0 Å². The Bertz CT molecular complexity index is 772. The molecule has 1 aromatic carbocycles. The summed E-state index contributed by atoms with van der Waals surface area (Å²) in [5, 5.41) is 3.96. The molecule has 6 nitrogen and oxygen atoms in total. The Labute approximate surface area is 153 Å². The number of rotatable bonds is 3. The van der Waals surface area contributed by atoms with E-state index in [2.05, 4.69) is 5.32 Å². The molecule has 3 rings (SSSR count). The van der Waals surface area contributed by atoms with Gasteiger partial charge in [-0.1, -0.05) is 18.2 Å². The van der Waals surface area contributed by atoms with Gasteiger partial charge in [-0.2, -0.15) is 0 Å². The van der Waals surface area contributed by atoms with Crippen LogP contribution in [0.15, 0.2) is 34.7 Å². The maximum atomic E-state index is 12.7. The number of hydrogen-bond donors (Lipinski definition) is 1. The van der Waals surface area contributed by atoms with E-state index in [1.54, 1.807) is 0 Å². The van der Waals surface area contributed by atoms with E-state index >= 15 is 0 Å². The van der Waals surface area contributed by atoms with Gasteiger partial charge in [0.15, 0.2) is 0 Å². The highest BCUT2D eigenvalue weighted by Crippen LogP contribution is 2.25. The van der Waals surface area contributed by atoms with Crippen LogP contribution in [0.25, 0.3) is 11.0 Å². The van der Waals surface area contributed by atoms with Gasteiger partial charge < -0.3 is 14.5 Å². The molecule has 0 aliphatic carbocycles. The highest BCUT2D eigenvalue weighted by molar-refractivity contribution is 5.86. The van der Waals surface area contributed by atoms with Gasteiger partial charge in [-0.05, 0) is 52.7 Å². The second kappa shape index (κ2) is 7.02. The number of carbonyl (C=O) groups is 2. The van der Waals surface area contributed by atoms with E-state index in [0.29, 0.717) is 18.7 Å². The first kappa shape index (κ1) is 18.3. The van der Waals surface area contributed by atoms with Gasteiger partial charge in [0.1, 0.15) is 23.0 Å². The normalized spacial score (nSPS) is 18.8. The van der Waals surface area contributed by atoms with Crippen molar-refractivity contribution in [1.82, 2.24) is 10.2 Å². The van der Waals surface area contributed by atoms with Crippen LogP contribution >= 0.6 is 0 Å². The average Bonchev–Trinajstić information content (AvgIpc) is 3.20. The molecule has 0 radical (unpaired) electrons. The summed E-state index contributed by atoms with van der Waals surface area (Å²) in [6, 6.07) is 8.87. The number of amides is 2. The van der Waals surface area contributed by atoms with Gasteiger partial charge in [0.2, 0.25) is 5.91 Å². The first-order valence-corrected chi connectivity index (χ1v) is 9.03. The molecule has 0 unspecified atom stereocenters. The first-order chi connectivity index (χ1) is 12.2. The predicted molar refractivity (Wildman–Crippen MR) is 98.7 cm³/mol. The van der Waals surface area contributed by atoms with Crippen LogP contribution in [0.2, 0.25) is 0 Å². The summed E-state index contributed by atoms with van der Waals surface area (Å²) in [5.74, 6) is 0.516. The number of furan rings is 1. The van der Waals surface area contributed by atoms with Crippen LogP contribution in [0, 0.1) is 0 Å². The molecule has 0 saturated carbocycles. The van der Waals surface area contributed by atoms with Gasteiger partial charge >= 0.3 is 6.09 Å². The molecule has 1 aliphatic heterocycles. The largest absolute Gasteiger partial charge is 0.459 e. The molecule has 0 spiro atoms. The number of nitrogens with one attached hydrogen (secondary N) is 1. The van der Waals surface area contributed by atoms with Crippen LogP contribution in [-0.4, -0.2) is 35.1 Å². The summed E-state index contributed by atoms with van der Waals surface area (Å²) < 4.78 is 11.2. The number of benzene rings is 1. The minimum Gasteiger partial charge on any atom is -0.459 e. The van der Waals surface area contributed by atoms with Crippen molar-refractivity contribution in [2.24, 2.45) is 0 Å². The lowest BCUT2D eigenvalue weighted by Gasteiger charge is -2.28. The molecule has 1 aromatic heterocycles. The maximum absolute atomic E-state index is 12.7. The van der Waals surface area contributed by atoms with E-state index in [4.69, 9.17) is 9.15 Å². The third kappa shape index (κ3) is 4.00. The standard InChI is InChI=1S/C20H26N2O4/c1-13(17-12-14-8-5-6-10-16(14)25-17)21-18(23)15-9-7-11-22(15)19(24)26-20(2,3)4/h5-6,8,10,12-13,15H,7,9,11H2,1-4H3,(H,21,23)/t13-,15-/m1/s1. The lowest BCUT2D eigenvalue weighted by atomic mass is 10.1. The lowest BCUT2D eigenvalue weighted by molar-refractivity contribution is -0.126. The molecule has 0 bridgehead atoms. The molecule has 1 saturated heterocycles. The molecular formula is C20H26N2O4. The van der Waals surface area contributed by atoms with Crippen molar-refractivity contribution in [1.29, 1.82) is 0 Å². The minimum atomic E-state index is -0.581. The molecule has 2 aromatic rings. The summed E-state index contributed by atoms with van der Waals surface area (Å²) in [5.41, 5.74) is 0.210. The fourth-order valence-corrected chi connectivity index (χ4v) is 3.17. The average molecular weight is 358 g/mol. The Morgan fingerprint density at radius 2 is 2.04 bits per heavy atom. The number of likely N-dealkylation sites (tertiary alicyclic amines) is 1. The molecule has 2 heterocycles. The summed E-state index contributed by atoms with van der Waals surface area (Å²) in [6.45, 7) is 7.87. The fraction of sp³-hybridized carbons (Fsp3) is 0.500. The molecule has 2 amide bonds. The van der Waals surface area contributed by atoms with Crippen LogP contribution in [0.4, 0.5) is 4.79 Å². The summed E-state index contributed by atoms with van der Waals surface area (Å²) in [7, 11) is 0. The fourth-order valence-electron chi connectivity index (χ4n) is 3.17.